The molecule has 0 aromatic heterocycles. The molecule has 1 fully saturated rings. The first-order chi connectivity index (χ1) is 16.8. The number of amides is 2. The highest BCUT2D eigenvalue weighted by Crippen LogP contribution is 2.29. The summed E-state index contributed by atoms with van der Waals surface area (Å²) in [4.78, 5) is 26.3. The van der Waals surface area contributed by atoms with E-state index < -0.39 is 63.9 Å². The van der Waals surface area contributed by atoms with Gasteiger partial charge in [-0.1, -0.05) is 0 Å². The Hall–Kier alpha value is -3.19. The van der Waals surface area contributed by atoms with Crippen LogP contribution in [0, 0.1) is 23.3 Å². The zero-order valence-corrected chi connectivity index (χ0v) is 20.5. The van der Waals surface area contributed by atoms with Crippen molar-refractivity contribution < 1.29 is 40.6 Å². The largest absolute Gasteiger partial charge is 0.755 e. The second-order valence-electron chi connectivity index (χ2n) is 9.12. The Morgan fingerprint density at radius 1 is 1.06 bits per heavy atom. The number of rotatable bonds is 5. The number of nitrogens with one attached hydrogen (secondary N) is 1. The van der Waals surface area contributed by atoms with Crippen LogP contribution in [0.15, 0.2) is 30.3 Å². The number of hydrogen-bond acceptors (Lipinski definition) is 5. The van der Waals surface area contributed by atoms with E-state index in [1.54, 1.807) is 20.8 Å². The van der Waals surface area contributed by atoms with Gasteiger partial charge in [-0.3, -0.25) is 13.3 Å². The molecule has 0 aliphatic carbocycles. The first-order valence-corrected chi connectivity index (χ1v) is 11.9. The van der Waals surface area contributed by atoms with Crippen molar-refractivity contribution in [3.63, 3.8) is 0 Å². The average Bonchev–Trinajstić information content (AvgIpc) is 2.77. The number of piperidine rings is 1. The minimum atomic E-state index is -2.93. The molecule has 1 aliphatic heterocycles. The molecule has 0 spiro atoms. The molecule has 1 atom stereocenters. The molecule has 13 heteroatoms. The van der Waals surface area contributed by atoms with E-state index in [0.29, 0.717) is 12.1 Å². The second-order valence-corrected chi connectivity index (χ2v) is 9.94. The van der Waals surface area contributed by atoms with Crippen LogP contribution >= 0.6 is 0 Å². The summed E-state index contributed by atoms with van der Waals surface area (Å²) in [6.45, 7) is 5.48. The van der Waals surface area contributed by atoms with Gasteiger partial charge >= 0.3 is 6.09 Å². The normalized spacial score (nSPS) is 15.4. The molecule has 3 rings (SSSR count). The Kier molecular flexibility index (Phi) is 8.24. The van der Waals surface area contributed by atoms with Gasteiger partial charge in [-0.05, 0) is 51.8 Å². The fourth-order valence-corrected chi connectivity index (χ4v) is 4.42. The van der Waals surface area contributed by atoms with E-state index in [9.17, 15) is 35.9 Å². The maximum Gasteiger partial charge on any atom is 0.410 e. The van der Waals surface area contributed by atoms with Crippen LogP contribution in [-0.4, -0.2) is 50.4 Å². The third-order valence-corrected chi connectivity index (χ3v) is 6.11. The van der Waals surface area contributed by atoms with Crippen LogP contribution in [0.3, 0.4) is 0 Å². The maximum absolute atomic E-state index is 14.7. The van der Waals surface area contributed by atoms with Gasteiger partial charge in [0.25, 0.3) is 5.91 Å². The van der Waals surface area contributed by atoms with Crippen molar-refractivity contribution in [1.82, 2.24) is 4.90 Å². The van der Waals surface area contributed by atoms with Crippen molar-refractivity contribution >= 4 is 34.6 Å². The van der Waals surface area contributed by atoms with Gasteiger partial charge in [0, 0.05) is 53.8 Å². The lowest BCUT2D eigenvalue weighted by atomic mass is 10.0. The minimum Gasteiger partial charge on any atom is -0.755 e. The number of nitrogens with zero attached hydrogens (tertiary/aromatic N) is 2. The molecule has 2 amide bonds. The van der Waals surface area contributed by atoms with E-state index in [4.69, 9.17) is 4.74 Å². The van der Waals surface area contributed by atoms with E-state index >= 15 is 0 Å². The number of ether oxygens (including phenoxy) is 1. The standard InChI is InChI=1S/C23H25F4N3O5S/c1-23(2,3)35-22(32)29-8-6-15(7-9-29)30(36(33)34)19-10-13(4-5-16(19)24)21(31)28-14-11-17(25)20(27)18(26)12-14/h4-5,10-12,15H,6-9H2,1-3H3,(H,28,31)(H,33,34)/p-1. The predicted octanol–water partition coefficient (Wildman–Crippen LogP) is 4.50. The zero-order chi connectivity index (χ0) is 26.8. The lowest BCUT2D eigenvalue weighted by molar-refractivity contribution is 0.0207. The van der Waals surface area contributed by atoms with Crippen molar-refractivity contribution in [3.05, 3.63) is 59.2 Å². The molecule has 1 unspecified atom stereocenters. The van der Waals surface area contributed by atoms with Crippen LogP contribution in [0.25, 0.3) is 0 Å². The highest BCUT2D eigenvalue weighted by atomic mass is 32.2. The van der Waals surface area contributed by atoms with Crippen molar-refractivity contribution in [1.29, 1.82) is 0 Å². The van der Waals surface area contributed by atoms with Gasteiger partial charge in [0.05, 0.1) is 5.69 Å². The summed E-state index contributed by atoms with van der Waals surface area (Å²) in [5, 5.41) is 2.16. The molecule has 36 heavy (non-hydrogen) atoms. The molecule has 1 N–H and O–H groups in total. The molecule has 2 aromatic rings. The van der Waals surface area contributed by atoms with Crippen molar-refractivity contribution in [2.75, 3.05) is 22.7 Å². The number of hydrogen-bond donors (Lipinski definition) is 1. The van der Waals surface area contributed by atoms with Crippen molar-refractivity contribution in [3.8, 4) is 0 Å². The Balaban J connectivity index is 1.79. The van der Waals surface area contributed by atoms with Gasteiger partial charge in [0.1, 0.15) is 11.4 Å². The van der Waals surface area contributed by atoms with Crippen LogP contribution in [0.1, 0.15) is 44.0 Å². The minimum absolute atomic E-state index is 0.163. The summed E-state index contributed by atoms with van der Waals surface area (Å²) in [6.07, 6.45) is -0.191. The molecule has 8 nitrogen and oxygen atoms in total. The number of halogens is 4. The molecule has 0 saturated carbocycles. The molecular formula is C23H24F4N3O5S-. The summed E-state index contributed by atoms with van der Waals surface area (Å²) in [5.41, 5.74) is -1.71. The first kappa shape index (κ1) is 27.4. The number of likely N-dealkylation sites (tertiary alicyclic amines) is 1. The number of anilines is 2. The second kappa shape index (κ2) is 10.8. The van der Waals surface area contributed by atoms with E-state index in [1.165, 1.54) is 4.90 Å². The Morgan fingerprint density at radius 3 is 2.17 bits per heavy atom. The molecular weight excluding hydrogens is 506 g/mol. The van der Waals surface area contributed by atoms with E-state index in [0.717, 1.165) is 22.5 Å². The van der Waals surface area contributed by atoms with Crippen molar-refractivity contribution in [2.45, 2.75) is 45.3 Å². The van der Waals surface area contributed by atoms with Crippen LogP contribution in [0.5, 0.6) is 0 Å². The lowest BCUT2D eigenvalue weighted by Gasteiger charge is -2.40. The van der Waals surface area contributed by atoms with Gasteiger partial charge in [-0.2, -0.15) is 0 Å². The lowest BCUT2D eigenvalue weighted by Crippen LogP contribution is -2.48. The van der Waals surface area contributed by atoms with E-state index in [2.05, 4.69) is 5.32 Å². The zero-order valence-electron chi connectivity index (χ0n) is 19.6. The fourth-order valence-electron chi connectivity index (χ4n) is 3.66. The van der Waals surface area contributed by atoms with Crippen molar-refractivity contribution in [2.24, 2.45) is 0 Å². The smallest absolute Gasteiger partial charge is 0.410 e. The fraction of sp³-hybridized carbons (Fsp3) is 0.391. The molecule has 196 valence electrons. The van der Waals surface area contributed by atoms with Crippen LogP contribution in [0.2, 0.25) is 0 Å². The SMILES string of the molecule is CC(C)(C)OC(=O)N1CCC(N(c2cc(C(=O)Nc3cc(F)c(F)c(F)c3)ccc2F)S(=O)[O-])CC1. The van der Waals surface area contributed by atoms with Gasteiger partial charge in [0.2, 0.25) is 0 Å². The quantitative estimate of drug-likeness (QED) is 0.349. The molecule has 1 saturated heterocycles. The molecule has 0 bridgehead atoms. The molecule has 1 heterocycles. The Labute approximate surface area is 207 Å². The maximum atomic E-state index is 14.7. The summed E-state index contributed by atoms with van der Waals surface area (Å²) in [5.74, 6) is -6.60. The van der Waals surface area contributed by atoms with Crippen LogP contribution in [0.4, 0.5) is 33.7 Å². The summed E-state index contributed by atoms with van der Waals surface area (Å²) < 4.78 is 85.0. The highest BCUT2D eigenvalue weighted by molar-refractivity contribution is 7.80. The highest BCUT2D eigenvalue weighted by Gasteiger charge is 2.31. The Morgan fingerprint density at radius 2 is 1.64 bits per heavy atom. The Bertz CT molecular complexity index is 1160. The van der Waals surface area contributed by atoms with E-state index in [-0.39, 0.29) is 37.2 Å². The third-order valence-electron chi connectivity index (χ3n) is 5.30. The van der Waals surface area contributed by atoms with Gasteiger partial charge in [-0.25, -0.2) is 22.4 Å². The molecule has 0 radical (unpaired) electrons. The van der Waals surface area contributed by atoms with E-state index in [1.807, 2.05) is 0 Å². The summed E-state index contributed by atoms with van der Waals surface area (Å²) >= 11 is -2.93. The van der Waals surface area contributed by atoms with Crippen LogP contribution in [-0.2, 0) is 16.0 Å². The summed E-state index contributed by atoms with van der Waals surface area (Å²) in [6, 6.07) is 3.34. The molecule has 2 aromatic carbocycles. The van der Waals surface area contributed by atoms with Gasteiger partial charge < -0.3 is 19.5 Å². The first-order valence-electron chi connectivity index (χ1n) is 10.9. The number of carbonyl (C=O) groups excluding carboxylic acids is 2. The average molecular weight is 531 g/mol. The van der Waals surface area contributed by atoms with Gasteiger partial charge in [0.15, 0.2) is 17.5 Å². The van der Waals surface area contributed by atoms with Crippen LogP contribution < -0.4 is 9.62 Å². The summed E-state index contributed by atoms with van der Waals surface area (Å²) in [7, 11) is 0. The van der Waals surface area contributed by atoms with Gasteiger partial charge in [-0.15, -0.1) is 0 Å². The number of benzene rings is 2. The predicted molar refractivity (Wildman–Crippen MR) is 123 cm³/mol. The topological polar surface area (TPSA) is 102 Å². The number of carbonyl (C=O) groups is 2. The monoisotopic (exact) mass is 530 g/mol. The molecule has 1 aliphatic rings. The third kappa shape index (κ3) is 6.52.